The molecule has 0 radical (unpaired) electrons. The quantitative estimate of drug-likeness (QED) is 0.681. The molecule has 0 bridgehead atoms. The fourth-order valence-electron chi connectivity index (χ4n) is 1.81. The Bertz CT molecular complexity index is 595. The summed E-state index contributed by atoms with van der Waals surface area (Å²) in [6, 6.07) is 13.4. The molecule has 2 aromatic carbocycles. The highest BCUT2D eigenvalue weighted by Crippen LogP contribution is 2.13. The number of phenols is 1. The average molecular weight is 287 g/mol. The first kappa shape index (κ1) is 14.9. The molecule has 21 heavy (non-hydrogen) atoms. The highest BCUT2D eigenvalue weighted by atomic mass is 16.5. The number of hydrogen-bond acceptors (Lipinski definition) is 4. The van der Waals surface area contributed by atoms with E-state index in [-0.39, 0.29) is 11.3 Å². The Morgan fingerprint density at radius 3 is 2.62 bits per heavy atom. The Hall–Kier alpha value is -2.53. The van der Waals surface area contributed by atoms with Crippen molar-refractivity contribution in [2.24, 2.45) is 0 Å². The molecule has 0 aromatic heterocycles. The van der Waals surface area contributed by atoms with Crippen molar-refractivity contribution in [2.75, 3.05) is 13.2 Å². The third kappa shape index (κ3) is 4.81. The predicted molar refractivity (Wildman–Crippen MR) is 78.7 cm³/mol. The second kappa shape index (κ2) is 7.31. The Balaban J connectivity index is 1.71. The molecule has 110 valence electrons. The maximum absolute atomic E-state index is 10.8. The topological polar surface area (TPSA) is 78.8 Å². The lowest BCUT2D eigenvalue weighted by atomic mass is 10.2. The number of aromatic hydroxyl groups is 1. The van der Waals surface area contributed by atoms with Gasteiger partial charge in [-0.2, -0.15) is 0 Å². The summed E-state index contributed by atoms with van der Waals surface area (Å²) in [7, 11) is 0. The SMILES string of the molecule is O=C(O)c1cccc(OCCNCc2ccc(O)cc2)c1. The smallest absolute Gasteiger partial charge is 0.335 e. The lowest BCUT2D eigenvalue weighted by molar-refractivity contribution is 0.0696. The number of phenolic OH excluding ortho intramolecular Hbond substituents is 1. The van der Waals surface area contributed by atoms with E-state index >= 15 is 0 Å². The normalized spacial score (nSPS) is 10.3. The molecule has 0 heterocycles. The molecule has 0 atom stereocenters. The number of carboxylic acid groups (broad SMARTS) is 1. The Kier molecular flexibility index (Phi) is 5.17. The van der Waals surface area contributed by atoms with Crippen molar-refractivity contribution >= 4 is 5.97 Å². The van der Waals surface area contributed by atoms with Crippen molar-refractivity contribution in [1.82, 2.24) is 5.32 Å². The highest BCUT2D eigenvalue weighted by molar-refractivity contribution is 5.87. The van der Waals surface area contributed by atoms with Gasteiger partial charge in [-0.05, 0) is 35.9 Å². The van der Waals surface area contributed by atoms with Gasteiger partial charge < -0.3 is 20.3 Å². The van der Waals surface area contributed by atoms with Gasteiger partial charge in [0.15, 0.2) is 0 Å². The molecule has 0 aliphatic carbocycles. The Morgan fingerprint density at radius 2 is 1.90 bits per heavy atom. The van der Waals surface area contributed by atoms with Gasteiger partial charge in [-0.1, -0.05) is 18.2 Å². The summed E-state index contributed by atoms with van der Waals surface area (Å²) >= 11 is 0. The fraction of sp³-hybridized carbons (Fsp3) is 0.188. The van der Waals surface area contributed by atoms with Gasteiger partial charge in [-0.15, -0.1) is 0 Å². The molecule has 2 aromatic rings. The summed E-state index contributed by atoms with van der Waals surface area (Å²) in [5, 5.41) is 21.3. The zero-order valence-corrected chi connectivity index (χ0v) is 11.5. The maximum atomic E-state index is 10.8. The molecule has 5 nitrogen and oxygen atoms in total. The molecule has 0 amide bonds. The predicted octanol–water partition coefficient (Wildman–Crippen LogP) is 2.26. The van der Waals surface area contributed by atoms with E-state index in [9.17, 15) is 9.90 Å². The monoisotopic (exact) mass is 287 g/mol. The van der Waals surface area contributed by atoms with Crippen LogP contribution in [0.1, 0.15) is 15.9 Å². The minimum atomic E-state index is -0.967. The number of benzene rings is 2. The summed E-state index contributed by atoms with van der Waals surface area (Å²) in [4.78, 5) is 10.8. The van der Waals surface area contributed by atoms with E-state index in [1.54, 1.807) is 24.3 Å². The van der Waals surface area contributed by atoms with Crippen LogP contribution in [-0.2, 0) is 6.54 Å². The largest absolute Gasteiger partial charge is 0.508 e. The van der Waals surface area contributed by atoms with Crippen molar-refractivity contribution < 1.29 is 19.7 Å². The van der Waals surface area contributed by atoms with Crippen molar-refractivity contribution in [2.45, 2.75) is 6.54 Å². The zero-order valence-electron chi connectivity index (χ0n) is 11.5. The molecule has 0 spiro atoms. The van der Waals surface area contributed by atoms with Crippen LogP contribution in [0.4, 0.5) is 0 Å². The Morgan fingerprint density at radius 1 is 1.14 bits per heavy atom. The van der Waals surface area contributed by atoms with E-state index in [1.807, 2.05) is 12.1 Å². The van der Waals surface area contributed by atoms with Crippen LogP contribution < -0.4 is 10.1 Å². The van der Waals surface area contributed by atoms with E-state index in [1.165, 1.54) is 12.1 Å². The molecule has 0 saturated carbocycles. The van der Waals surface area contributed by atoms with Gasteiger partial charge in [0.05, 0.1) is 5.56 Å². The summed E-state index contributed by atoms with van der Waals surface area (Å²) in [5.74, 6) is -0.173. The van der Waals surface area contributed by atoms with Crippen molar-refractivity contribution in [1.29, 1.82) is 0 Å². The fourth-order valence-corrected chi connectivity index (χ4v) is 1.81. The number of rotatable bonds is 7. The second-order valence-electron chi connectivity index (χ2n) is 4.52. The average Bonchev–Trinajstić information content (AvgIpc) is 2.49. The van der Waals surface area contributed by atoms with Gasteiger partial charge >= 0.3 is 5.97 Å². The van der Waals surface area contributed by atoms with Crippen LogP contribution in [0.2, 0.25) is 0 Å². The van der Waals surface area contributed by atoms with Crippen LogP contribution in [0.5, 0.6) is 11.5 Å². The molecular weight excluding hydrogens is 270 g/mol. The third-order valence-corrected chi connectivity index (χ3v) is 2.89. The number of carbonyl (C=O) groups is 1. The van der Waals surface area contributed by atoms with Crippen molar-refractivity contribution in [3.63, 3.8) is 0 Å². The van der Waals surface area contributed by atoms with Crippen LogP contribution in [-0.4, -0.2) is 29.3 Å². The maximum Gasteiger partial charge on any atom is 0.335 e. The van der Waals surface area contributed by atoms with Crippen LogP contribution in [0.3, 0.4) is 0 Å². The molecule has 0 aliphatic heterocycles. The zero-order chi connectivity index (χ0) is 15.1. The first-order valence-electron chi connectivity index (χ1n) is 6.60. The lowest BCUT2D eigenvalue weighted by Gasteiger charge is -2.08. The van der Waals surface area contributed by atoms with Crippen LogP contribution in [0.15, 0.2) is 48.5 Å². The number of aromatic carboxylic acids is 1. The molecule has 0 unspecified atom stereocenters. The van der Waals surface area contributed by atoms with E-state index in [0.717, 1.165) is 5.56 Å². The van der Waals surface area contributed by atoms with Gasteiger partial charge in [-0.25, -0.2) is 4.79 Å². The lowest BCUT2D eigenvalue weighted by Crippen LogP contribution is -2.20. The van der Waals surface area contributed by atoms with E-state index in [2.05, 4.69) is 5.32 Å². The minimum absolute atomic E-state index is 0.213. The van der Waals surface area contributed by atoms with E-state index < -0.39 is 5.97 Å². The number of carboxylic acids is 1. The van der Waals surface area contributed by atoms with Gasteiger partial charge in [0, 0.05) is 13.1 Å². The first-order chi connectivity index (χ1) is 10.1. The third-order valence-electron chi connectivity index (χ3n) is 2.89. The number of hydrogen-bond donors (Lipinski definition) is 3. The summed E-state index contributed by atoms with van der Waals surface area (Å²) in [6.07, 6.45) is 0. The second-order valence-corrected chi connectivity index (χ2v) is 4.52. The van der Waals surface area contributed by atoms with Gasteiger partial charge in [0.25, 0.3) is 0 Å². The van der Waals surface area contributed by atoms with Crippen molar-refractivity contribution in [3.8, 4) is 11.5 Å². The van der Waals surface area contributed by atoms with E-state index in [4.69, 9.17) is 9.84 Å². The number of nitrogens with one attached hydrogen (secondary N) is 1. The molecule has 5 heteroatoms. The summed E-state index contributed by atoms with van der Waals surface area (Å²) in [5.41, 5.74) is 1.28. The van der Waals surface area contributed by atoms with Crippen LogP contribution >= 0.6 is 0 Å². The Labute approximate surface area is 122 Å². The van der Waals surface area contributed by atoms with Crippen LogP contribution in [0.25, 0.3) is 0 Å². The van der Waals surface area contributed by atoms with Crippen molar-refractivity contribution in [3.05, 3.63) is 59.7 Å². The molecular formula is C16H17NO4. The summed E-state index contributed by atoms with van der Waals surface area (Å²) in [6.45, 7) is 1.76. The highest BCUT2D eigenvalue weighted by Gasteiger charge is 2.03. The van der Waals surface area contributed by atoms with Gasteiger partial charge in [0.2, 0.25) is 0 Å². The minimum Gasteiger partial charge on any atom is -0.508 e. The van der Waals surface area contributed by atoms with Gasteiger partial charge in [0.1, 0.15) is 18.1 Å². The van der Waals surface area contributed by atoms with Crippen LogP contribution in [0, 0.1) is 0 Å². The van der Waals surface area contributed by atoms with E-state index in [0.29, 0.717) is 25.4 Å². The molecule has 2 rings (SSSR count). The molecule has 0 saturated heterocycles. The van der Waals surface area contributed by atoms with Gasteiger partial charge in [-0.3, -0.25) is 0 Å². The standard InChI is InChI=1S/C16H17NO4/c18-14-6-4-12(5-7-14)11-17-8-9-21-15-3-1-2-13(10-15)16(19)20/h1-7,10,17-18H,8-9,11H2,(H,19,20). The first-order valence-corrected chi connectivity index (χ1v) is 6.60. The molecule has 0 aliphatic rings. The molecule has 3 N–H and O–H groups in total. The number of ether oxygens (including phenoxy) is 1. The summed E-state index contributed by atoms with van der Waals surface area (Å²) < 4.78 is 5.49. The molecule has 0 fully saturated rings.